The maximum atomic E-state index is 6.61. The molecule has 0 aromatic heterocycles. The molecule has 0 aliphatic heterocycles. The third kappa shape index (κ3) is 4.43. The van der Waals surface area contributed by atoms with Gasteiger partial charge in [0.1, 0.15) is 5.75 Å². The quantitative estimate of drug-likeness (QED) is 0.484. The first kappa shape index (κ1) is 19.5. The Bertz CT molecular complexity index is 745. The average Bonchev–Trinajstić information content (AvgIpc) is 3.18. The zero-order valence-corrected chi connectivity index (χ0v) is 17.4. The maximum Gasteiger partial charge on any atom is 0.207 e. The minimum absolute atomic E-state index is 0.193. The van der Waals surface area contributed by atoms with Crippen LogP contribution in [0.4, 0.5) is 0 Å². The third-order valence-corrected chi connectivity index (χ3v) is 6.70. The first-order valence-electron chi connectivity index (χ1n) is 11.2. The molecule has 0 radical (unpaired) electrons. The van der Waals surface area contributed by atoms with Crippen molar-refractivity contribution in [2.24, 2.45) is 0 Å². The van der Waals surface area contributed by atoms with Gasteiger partial charge in [0.2, 0.25) is 6.29 Å². The van der Waals surface area contributed by atoms with Crippen LogP contribution in [0.5, 0.6) is 5.75 Å². The second-order valence-corrected chi connectivity index (χ2v) is 8.60. The van der Waals surface area contributed by atoms with Gasteiger partial charge in [-0.05, 0) is 66.8 Å². The number of fused-ring (bicyclic) bond motifs is 1. The minimum Gasteiger partial charge on any atom is -0.464 e. The van der Waals surface area contributed by atoms with Crippen molar-refractivity contribution in [3.05, 3.63) is 65.2 Å². The van der Waals surface area contributed by atoms with E-state index in [2.05, 4.69) is 62.4 Å². The molecule has 0 bridgehead atoms. The van der Waals surface area contributed by atoms with Crippen molar-refractivity contribution in [1.82, 2.24) is 0 Å². The molecule has 0 N–H and O–H groups in total. The Hall–Kier alpha value is -1.80. The SMILES string of the molecule is CCC(C)c1ccc(OC(OC2CCCCC2)C2CCc3ccccc32)cc1. The molecule has 3 atom stereocenters. The molecular formula is C26H34O2. The van der Waals surface area contributed by atoms with Crippen molar-refractivity contribution >= 4 is 0 Å². The van der Waals surface area contributed by atoms with Crippen LogP contribution in [0.3, 0.4) is 0 Å². The number of rotatable bonds is 7. The summed E-state index contributed by atoms with van der Waals surface area (Å²) in [5, 5.41) is 0. The summed E-state index contributed by atoms with van der Waals surface area (Å²) in [6, 6.07) is 17.5. The fourth-order valence-corrected chi connectivity index (χ4v) is 4.71. The van der Waals surface area contributed by atoms with Gasteiger partial charge in [0.25, 0.3) is 0 Å². The van der Waals surface area contributed by atoms with E-state index in [0.29, 0.717) is 17.9 Å². The summed E-state index contributed by atoms with van der Waals surface area (Å²) in [5.74, 6) is 1.84. The molecule has 0 saturated heterocycles. The molecule has 2 aliphatic carbocycles. The van der Waals surface area contributed by atoms with E-state index in [1.807, 2.05) is 0 Å². The Morgan fingerprint density at radius 3 is 2.43 bits per heavy atom. The molecule has 0 heterocycles. The highest BCUT2D eigenvalue weighted by molar-refractivity contribution is 5.36. The van der Waals surface area contributed by atoms with Crippen LogP contribution < -0.4 is 4.74 Å². The van der Waals surface area contributed by atoms with Crippen molar-refractivity contribution in [2.45, 2.75) is 89.4 Å². The Morgan fingerprint density at radius 2 is 1.68 bits per heavy atom. The Labute approximate surface area is 170 Å². The molecule has 0 spiro atoms. The maximum absolute atomic E-state index is 6.61. The monoisotopic (exact) mass is 378 g/mol. The van der Waals surface area contributed by atoms with Crippen molar-refractivity contribution in [3.8, 4) is 5.75 Å². The van der Waals surface area contributed by atoms with Crippen LogP contribution in [0, 0.1) is 0 Å². The van der Waals surface area contributed by atoms with Crippen LogP contribution in [0.25, 0.3) is 0 Å². The minimum atomic E-state index is -0.193. The number of aryl methyl sites for hydroxylation is 1. The van der Waals surface area contributed by atoms with Crippen LogP contribution in [0.2, 0.25) is 0 Å². The summed E-state index contributed by atoms with van der Waals surface area (Å²) < 4.78 is 13.1. The lowest BCUT2D eigenvalue weighted by molar-refractivity contribution is -0.140. The smallest absolute Gasteiger partial charge is 0.207 e. The fraction of sp³-hybridized carbons (Fsp3) is 0.538. The Morgan fingerprint density at radius 1 is 0.929 bits per heavy atom. The van der Waals surface area contributed by atoms with Gasteiger partial charge in [0.05, 0.1) is 6.10 Å². The van der Waals surface area contributed by atoms with Crippen LogP contribution in [-0.4, -0.2) is 12.4 Å². The van der Waals surface area contributed by atoms with E-state index in [1.165, 1.54) is 48.8 Å². The van der Waals surface area contributed by atoms with Gasteiger partial charge < -0.3 is 9.47 Å². The van der Waals surface area contributed by atoms with Gasteiger partial charge in [0, 0.05) is 5.92 Å². The molecule has 2 aliphatic rings. The molecule has 1 fully saturated rings. The lowest BCUT2D eigenvalue weighted by Crippen LogP contribution is -2.33. The predicted octanol–water partition coefficient (Wildman–Crippen LogP) is 6.98. The largest absolute Gasteiger partial charge is 0.464 e. The van der Waals surface area contributed by atoms with Gasteiger partial charge >= 0.3 is 0 Å². The molecule has 2 aromatic carbocycles. The van der Waals surface area contributed by atoms with Crippen LogP contribution in [-0.2, 0) is 11.2 Å². The molecule has 4 rings (SSSR count). The summed E-state index contributed by atoms with van der Waals surface area (Å²) in [6.07, 6.45) is 9.78. The molecular weight excluding hydrogens is 344 g/mol. The molecule has 0 amide bonds. The van der Waals surface area contributed by atoms with Gasteiger partial charge in [-0.25, -0.2) is 0 Å². The summed E-state index contributed by atoms with van der Waals surface area (Å²) in [5.41, 5.74) is 4.26. The van der Waals surface area contributed by atoms with Gasteiger partial charge in [-0.1, -0.05) is 69.5 Å². The van der Waals surface area contributed by atoms with Gasteiger partial charge in [0.15, 0.2) is 0 Å². The lowest BCUT2D eigenvalue weighted by Gasteiger charge is -2.31. The van der Waals surface area contributed by atoms with Crippen molar-refractivity contribution in [1.29, 1.82) is 0 Å². The Kier molecular flexibility index (Phi) is 6.36. The second kappa shape index (κ2) is 9.13. The molecule has 1 saturated carbocycles. The first-order chi connectivity index (χ1) is 13.7. The number of benzene rings is 2. The van der Waals surface area contributed by atoms with Gasteiger partial charge in [-0.2, -0.15) is 0 Å². The molecule has 2 aromatic rings. The summed E-state index contributed by atoms with van der Waals surface area (Å²) in [6.45, 7) is 4.51. The highest BCUT2D eigenvalue weighted by Gasteiger charge is 2.34. The predicted molar refractivity (Wildman–Crippen MR) is 115 cm³/mol. The van der Waals surface area contributed by atoms with Gasteiger partial charge in [-0.3, -0.25) is 0 Å². The lowest BCUT2D eigenvalue weighted by atomic mass is 9.96. The summed E-state index contributed by atoms with van der Waals surface area (Å²) in [4.78, 5) is 0. The molecule has 2 heteroatoms. The van der Waals surface area contributed by atoms with Crippen LogP contribution in [0.15, 0.2) is 48.5 Å². The molecule has 3 unspecified atom stereocenters. The molecule has 150 valence electrons. The number of ether oxygens (including phenoxy) is 2. The highest BCUT2D eigenvalue weighted by atomic mass is 16.7. The van der Waals surface area contributed by atoms with E-state index < -0.39 is 0 Å². The number of hydrogen-bond donors (Lipinski definition) is 0. The van der Waals surface area contributed by atoms with Crippen LogP contribution >= 0.6 is 0 Å². The Balaban J connectivity index is 1.53. The topological polar surface area (TPSA) is 18.5 Å². The zero-order chi connectivity index (χ0) is 19.3. The second-order valence-electron chi connectivity index (χ2n) is 8.60. The van der Waals surface area contributed by atoms with E-state index in [-0.39, 0.29) is 6.29 Å². The molecule has 2 nitrogen and oxygen atoms in total. The zero-order valence-electron chi connectivity index (χ0n) is 17.4. The van der Waals surface area contributed by atoms with Crippen LogP contribution in [0.1, 0.15) is 87.3 Å². The number of hydrogen-bond acceptors (Lipinski definition) is 2. The van der Waals surface area contributed by atoms with E-state index in [1.54, 1.807) is 0 Å². The summed E-state index contributed by atoms with van der Waals surface area (Å²) in [7, 11) is 0. The van der Waals surface area contributed by atoms with E-state index in [9.17, 15) is 0 Å². The fourth-order valence-electron chi connectivity index (χ4n) is 4.71. The van der Waals surface area contributed by atoms with E-state index >= 15 is 0 Å². The van der Waals surface area contributed by atoms with Crippen molar-refractivity contribution in [2.75, 3.05) is 0 Å². The normalized spacial score (nSPS) is 21.9. The average molecular weight is 379 g/mol. The standard InChI is InChI=1S/C26H34O2/c1-3-19(2)20-13-16-23(17-14-20)28-26(27-22-10-5-4-6-11-22)25-18-15-21-9-7-8-12-24(21)25/h7-9,12-14,16-17,19,22,25-26H,3-6,10-11,15,18H2,1-2H3. The first-order valence-corrected chi connectivity index (χ1v) is 11.2. The highest BCUT2D eigenvalue weighted by Crippen LogP contribution is 2.39. The van der Waals surface area contributed by atoms with Crippen molar-refractivity contribution < 1.29 is 9.47 Å². The summed E-state index contributed by atoms with van der Waals surface area (Å²) >= 11 is 0. The molecule has 28 heavy (non-hydrogen) atoms. The van der Waals surface area contributed by atoms with E-state index in [0.717, 1.165) is 25.0 Å². The third-order valence-electron chi connectivity index (χ3n) is 6.70. The van der Waals surface area contributed by atoms with Gasteiger partial charge in [-0.15, -0.1) is 0 Å². The van der Waals surface area contributed by atoms with Crippen molar-refractivity contribution in [3.63, 3.8) is 0 Å². The van der Waals surface area contributed by atoms with E-state index in [4.69, 9.17) is 9.47 Å².